The van der Waals surface area contributed by atoms with Crippen molar-refractivity contribution >= 4 is 6.47 Å². The third-order valence-corrected chi connectivity index (χ3v) is 1.13. The van der Waals surface area contributed by atoms with Crippen LogP contribution in [0.3, 0.4) is 0 Å². The first-order valence-electron chi connectivity index (χ1n) is 4.13. The van der Waals surface area contributed by atoms with Gasteiger partial charge in [-0.2, -0.15) is 0 Å². The van der Waals surface area contributed by atoms with Crippen molar-refractivity contribution in [3.63, 3.8) is 0 Å². The minimum atomic E-state index is -0.318. The standard InChI is InChI=1S/C5H10O2.C3H8N2/c1-5(2,3)7-4-6;1-2-4-5-3-1/h4H,1-3H3;4-5H,1-3H2. The molecule has 1 heterocycles. The number of hydrogen-bond acceptors (Lipinski definition) is 4. The molecule has 2 N–H and O–H groups in total. The van der Waals surface area contributed by atoms with Gasteiger partial charge in [-0.05, 0) is 27.2 Å². The number of ether oxygens (including phenoxy) is 1. The van der Waals surface area contributed by atoms with E-state index in [-0.39, 0.29) is 5.60 Å². The highest BCUT2D eigenvalue weighted by Gasteiger charge is 2.07. The molecule has 0 radical (unpaired) electrons. The molecule has 0 spiro atoms. The first kappa shape index (κ1) is 11.4. The molecule has 12 heavy (non-hydrogen) atoms. The fraction of sp³-hybridized carbons (Fsp3) is 0.875. The van der Waals surface area contributed by atoms with E-state index in [1.165, 1.54) is 6.42 Å². The molecule has 1 aliphatic rings. The van der Waals surface area contributed by atoms with E-state index < -0.39 is 0 Å². The maximum Gasteiger partial charge on any atom is 0.293 e. The van der Waals surface area contributed by atoms with Crippen LogP contribution in [0.25, 0.3) is 0 Å². The van der Waals surface area contributed by atoms with Crippen LogP contribution in [0, 0.1) is 0 Å². The zero-order chi connectivity index (χ0) is 9.45. The highest BCUT2D eigenvalue weighted by molar-refractivity contribution is 5.37. The van der Waals surface area contributed by atoms with Gasteiger partial charge in [0.25, 0.3) is 6.47 Å². The van der Waals surface area contributed by atoms with Gasteiger partial charge < -0.3 is 4.74 Å². The quantitative estimate of drug-likeness (QED) is 0.566. The molecule has 0 unspecified atom stereocenters. The van der Waals surface area contributed by atoms with Crippen LogP contribution in [0.2, 0.25) is 0 Å². The molecule has 0 aliphatic carbocycles. The summed E-state index contributed by atoms with van der Waals surface area (Å²) in [5.41, 5.74) is 5.63. The van der Waals surface area contributed by atoms with Crippen molar-refractivity contribution in [3.8, 4) is 0 Å². The number of rotatable bonds is 1. The second-order valence-electron chi connectivity index (χ2n) is 3.53. The van der Waals surface area contributed by atoms with E-state index in [1.807, 2.05) is 20.8 Å². The van der Waals surface area contributed by atoms with Crippen LogP contribution < -0.4 is 10.9 Å². The summed E-state index contributed by atoms with van der Waals surface area (Å²) < 4.78 is 4.55. The summed E-state index contributed by atoms with van der Waals surface area (Å²) in [5, 5.41) is 0. The molecule has 0 amide bonds. The van der Waals surface area contributed by atoms with Crippen molar-refractivity contribution in [2.24, 2.45) is 0 Å². The van der Waals surface area contributed by atoms with E-state index >= 15 is 0 Å². The van der Waals surface area contributed by atoms with Gasteiger partial charge in [-0.15, -0.1) is 0 Å². The van der Waals surface area contributed by atoms with E-state index in [4.69, 9.17) is 0 Å². The van der Waals surface area contributed by atoms with Crippen LogP contribution in [0.15, 0.2) is 0 Å². The largest absolute Gasteiger partial charge is 0.462 e. The zero-order valence-corrected chi connectivity index (χ0v) is 8.02. The Labute approximate surface area is 73.6 Å². The molecular formula is C8H18N2O2. The molecule has 1 aliphatic heterocycles. The summed E-state index contributed by atoms with van der Waals surface area (Å²) in [6.07, 6.45) is 1.28. The molecule has 0 saturated carbocycles. The highest BCUT2D eigenvalue weighted by atomic mass is 16.5. The van der Waals surface area contributed by atoms with Gasteiger partial charge in [0.05, 0.1) is 0 Å². The summed E-state index contributed by atoms with van der Waals surface area (Å²) >= 11 is 0. The van der Waals surface area contributed by atoms with Crippen LogP contribution in [-0.2, 0) is 9.53 Å². The summed E-state index contributed by atoms with van der Waals surface area (Å²) in [7, 11) is 0. The lowest BCUT2D eigenvalue weighted by molar-refractivity contribution is -0.138. The van der Waals surface area contributed by atoms with Crippen molar-refractivity contribution in [3.05, 3.63) is 0 Å². The molecular weight excluding hydrogens is 156 g/mol. The Hall–Kier alpha value is -0.610. The minimum Gasteiger partial charge on any atom is -0.462 e. The molecule has 0 atom stereocenters. The van der Waals surface area contributed by atoms with Crippen LogP contribution in [0.5, 0.6) is 0 Å². The Morgan fingerprint density at radius 1 is 1.25 bits per heavy atom. The fourth-order valence-electron chi connectivity index (χ4n) is 0.586. The van der Waals surface area contributed by atoms with Gasteiger partial charge in [-0.1, -0.05) is 0 Å². The number of nitrogens with one attached hydrogen (secondary N) is 2. The Morgan fingerprint density at radius 2 is 1.75 bits per heavy atom. The molecule has 0 bridgehead atoms. The summed E-state index contributed by atoms with van der Waals surface area (Å²) in [4.78, 5) is 9.60. The van der Waals surface area contributed by atoms with Gasteiger partial charge in [0.2, 0.25) is 0 Å². The molecule has 0 aromatic carbocycles. The second-order valence-corrected chi connectivity index (χ2v) is 3.53. The summed E-state index contributed by atoms with van der Waals surface area (Å²) in [6, 6.07) is 0. The smallest absolute Gasteiger partial charge is 0.293 e. The molecule has 4 nitrogen and oxygen atoms in total. The van der Waals surface area contributed by atoms with Gasteiger partial charge >= 0.3 is 0 Å². The van der Waals surface area contributed by atoms with Crippen molar-refractivity contribution < 1.29 is 9.53 Å². The van der Waals surface area contributed by atoms with Crippen molar-refractivity contribution in [1.29, 1.82) is 0 Å². The fourth-order valence-corrected chi connectivity index (χ4v) is 0.586. The molecule has 4 heteroatoms. The lowest BCUT2D eigenvalue weighted by Crippen LogP contribution is -2.21. The maximum atomic E-state index is 9.60. The van der Waals surface area contributed by atoms with Gasteiger partial charge in [0.1, 0.15) is 5.60 Å². The van der Waals surface area contributed by atoms with Crippen molar-refractivity contribution in [2.45, 2.75) is 32.8 Å². The van der Waals surface area contributed by atoms with Crippen LogP contribution in [0.4, 0.5) is 0 Å². The normalized spacial score (nSPS) is 16.2. The summed E-state index contributed by atoms with van der Waals surface area (Å²) in [5.74, 6) is 0. The average Bonchev–Trinajstić information content (AvgIpc) is 2.38. The van der Waals surface area contributed by atoms with Crippen LogP contribution in [-0.4, -0.2) is 25.2 Å². The second kappa shape index (κ2) is 5.97. The highest BCUT2D eigenvalue weighted by Crippen LogP contribution is 2.02. The zero-order valence-electron chi connectivity index (χ0n) is 8.02. The SMILES string of the molecule is C1CNNC1.CC(C)(C)OC=O. The molecule has 0 aromatic heterocycles. The van der Waals surface area contributed by atoms with Gasteiger partial charge in [-0.3, -0.25) is 15.6 Å². The first-order chi connectivity index (χ1) is 5.56. The Balaban J connectivity index is 0.000000211. The van der Waals surface area contributed by atoms with Crippen molar-refractivity contribution in [2.75, 3.05) is 13.1 Å². The van der Waals surface area contributed by atoms with Gasteiger partial charge in [0, 0.05) is 13.1 Å². The van der Waals surface area contributed by atoms with Crippen LogP contribution >= 0.6 is 0 Å². The Kier molecular flexibility index (Phi) is 5.66. The van der Waals surface area contributed by atoms with Crippen LogP contribution in [0.1, 0.15) is 27.2 Å². The number of carbonyl (C=O) groups is 1. The molecule has 1 fully saturated rings. The monoisotopic (exact) mass is 174 g/mol. The predicted molar refractivity (Wildman–Crippen MR) is 47.5 cm³/mol. The third-order valence-electron chi connectivity index (χ3n) is 1.13. The average molecular weight is 174 g/mol. The Morgan fingerprint density at radius 3 is 1.83 bits per heavy atom. The van der Waals surface area contributed by atoms with E-state index in [0.29, 0.717) is 6.47 Å². The molecule has 0 aromatic rings. The Bertz CT molecular complexity index is 109. The van der Waals surface area contributed by atoms with Gasteiger partial charge in [0.15, 0.2) is 0 Å². The number of hydrazine groups is 1. The number of hydrogen-bond donors (Lipinski definition) is 2. The molecule has 1 saturated heterocycles. The lowest BCUT2D eigenvalue weighted by Gasteiger charge is -2.14. The maximum absolute atomic E-state index is 9.60. The van der Waals surface area contributed by atoms with E-state index in [9.17, 15) is 4.79 Å². The molecule has 72 valence electrons. The van der Waals surface area contributed by atoms with E-state index in [2.05, 4.69) is 15.6 Å². The lowest BCUT2D eigenvalue weighted by atomic mass is 10.2. The van der Waals surface area contributed by atoms with E-state index in [1.54, 1.807) is 0 Å². The van der Waals surface area contributed by atoms with Crippen molar-refractivity contribution in [1.82, 2.24) is 10.9 Å². The molecule has 1 rings (SSSR count). The topological polar surface area (TPSA) is 50.4 Å². The van der Waals surface area contributed by atoms with Gasteiger partial charge in [-0.25, -0.2) is 0 Å². The summed E-state index contributed by atoms with van der Waals surface area (Å²) in [6.45, 7) is 8.20. The minimum absolute atomic E-state index is 0.318. The third kappa shape index (κ3) is 9.39. The number of carbonyl (C=O) groups excluding carboxylic acids is 1. The first-order valence-corrected chi connectivity index (χ1v) is 4.13. The van der Waals surface area contributed by atoms with E-state index in [0.717, 1.165) is 13.1 Å². The predicted octanol–water partition coefficient (Wildman–Crippen LogP) is 0.442.